The minimum Gasteiger partial charge on any atom is -0.437 e. The van der Waals surface area contributed by atoms with Gasteiger partial charge in [-0.2, -0.15) is 0 Å². The molecule has 1 saturated heterocycles. The van der Waals surface area contributed by atoms with Gasteiger partial charge in [0.25, 0.3) is 0 Å². The van der Waals surface area contributed by atoms with Gasteiger partial charge in [0.1, 0.15) is 5.75 Å². The summed E-state index contributed by atoms with van der Waals surface area (Å²) in [6.07, 6.45) is 5.60. The molecular formula is C28H33ClN6O3S. The number of nitrogens with one attached hydrogen (secondary N) is 2. The van der Waals surface area contributed by atoms with Crippen molar-refractivity contribution in [2.45, 2.75) is 32.7 Å². The molecule has 0 spiro atoms. The van der Waals surface area contributed by atoms with Crippen molar-refractivity contribution in [2.24, 2.45) is 0 Å². The highest BCUT2D eigenvalue weighted by atomic mass is 35.5. The van der Waals surface area contributed by atoms with E-state index in [1.807, 2.05) is 49.4 Å². The number of halogens is 1. The van der Waals surface area contributed by atoms with Crippen molar-refractivity contribution in [1.29, 1.82) is 0 Å². The predicted octanol–water partition coefficient (Wildman–Crippen LogP) is 5.16. The summed E-state index contributed by atoms with van der Waals surface area (Å²) in [6.45, 7) is 5.51. The van der Waals surface area contributed by atoms with Crippen molar-refractivity contribution >= 4 is 44.8 Å². The number of aromatic nitrogens is 3. The van der Waals surface area contributed by atoms with Crippen LogP contribution in [0.1, 0.15) is 25.3 Å². The third-order valence-electron chi connectivity index (χ3n) is 6.84. The fourth-order valence-corrected chi connectivity index (χ4v) is 5.52. The first-order valence-electron chi connectivity index (χ1n) is 12.8. The Labute approximate surface area is 235 Å². The zero-order valence-electron chi connectivity index (χ0n) is 22.2. The lowest BCUT2D eigenvalue weighted by Crippen LogP contribution is -2.38. The number of anilines is 2. The largest absolute Gasteiger partial charge is 0.437 e. The van der Waals surface area contributed by atoms with E-state index in [4.69, 9.17) is 9.72 Å². The Bertz CT molecular complexity index is 1560. The molecule has 206 valence electrons. The second kappa shape index (κ2) is 12.1. The zero-order valence-corrected chi connectivity index (χ0v) is 23.8. The Balaban J connectivity index is 0.00000353. The number of fused-ring (bicyclic) bond motifs is 1. The first-order chi connectivity index (χ1) is 18.4. The molecule has 2 N–H and O–H groups in total. The molecule has 5 rings (SSSR count). The Morgan fingerprint density at radius 3 is 2.69 bits per heavy atom. The number of sulfonamides is 1. The summed E-state index contributed by atoms with van der Waals surface area (Å²) in [5, 5.41) is 8.40. The molecule has 0 unspecified atom stereocenters. The van der Waals surface area contributed by atoms with Gasteiger partial charge in [-0.3, -0.25) is 4.31 Å². The molecule has 1 aliphatic heterocycles. The Morgan fingerprint density at radius 1 is 1.08 bits per heavy atom. The van der Waals surface area contributed by atoms with Crippen molar-refractivity contribution < 1.29 is 13.2 Å². The van der Waals surface area contributed by atoms with Crippen LogP contribution in [-0.2, 0) is 10.0 Å². The van der Waals surface area contributed by atoms with Gasteiger partial charge in [-0.25, -0.2) is 23.4 Å². The average molecular weight is 569 g/mol. The summed E-state index contributed by atoms with van der Waals surface area (Å²) in [6, 6.07) is 15.3. The van der Waals surface area contributed by atoms with Gasteiger partial charge in [-0.1, -0.05) is 24.3 Å². The lowest BCUT2D eigenvalue weighted by molar-refractivity contribution is 0.466. The van der Waals surface area contributed by atoms with Crippen molar-refractivity contribution in [3.8, 4) is 22.9 Å². The molecule has 4 aromatic rings. The standard InChI is InChI=1S/C28H32N6O3S.ClH/c1-4-38(35,36)34(3)25-11-5-9-22-21(25)13-12-19(2)26(22)37-27-23(10-7-16-30-27)24-14-17-31-28(33-24)32-20-8-6-15-29-18-20;/h5,7,9-14,16-17,20,29H,4,6,8,15,18H2,1-3H3,(H,31,32,33);1H/t20-;/m0./s1. The molecule has 1 fully saturated rings. The number of ether oxygens (including phenoxy) is 1. The molecule has 0 aliphatic carbocycles. The summed E-state index contributed by atoms with van der Waals surface area (Å²) < 4.78 is 33.0. The second-order valence-electron chi connectivity index (χ2n) is 9.36. The SMILES string of the molecule is CCS(=O)(=O)N(C)c1cccc2c(Oc3ncccc3-c3ccnc(N[C@H]4CCCNC4)n3)c(C)ccc12.Cl. The maximum absolute atomic E-state index is 12.6. The molecule has 0 bridgehead atoms. The van der Waals surface area contributed by atoms with Gasteiger partial charge in [0, 0.05) is 42.8 Å². The number of hydrogen-bond donors (Lipinski definition) is 2. The van der Waals surface area contributed by atoms with Gasteiger partial charge in [-0.05, 0) is 63.1 Å². The van der Waals surface area contributed by atoms with E-state index >= 15 is 0 Å². The van der Waals surface area contributed by atoms with Crippen LogP contribution in [0.5, 0.6) is 11.6 Å². The molecular weight excluding hydrogens is 536 g/mol. The van der Waals surface area contributed by atoms with Crippen LogP contribution in [0.3, 0.4) is 0 Å². The monoisotopic (exact) mass is 568 g/mol. The summed E-state index contributed by atoms with van der Waals surface area (Å²) in [4.78, 5) is 13.7. The van der Waals surface area contributed by atoms with E-state index in [1.165, 1.54) is 4.31 Å². The number of aryl methyl sites for hydroxylation is 1. The predicted molar refractivity (Wildman–Crippen MR) is 159 cm³/mol. The highest BCUT2D eigenvalue weighted by Gasteiger charge is 2.21. The smallest absolute Gasteiger partial charge is 0.234 e. The molecule has 0 amide bonds. The van der Waals surface area contributed by atoms with Crippen LogP contribution in [-0.4, -0.2) is 55.3 Å². The Hall–Kier alpha value is -3.47. The lowest BCUT2D eigenvalue weighted by Gasteiger charge is -2.23. The van der Waals surface area contributed by atoms with Crippen LogP contribution in [0.25, 0.3) is 22.0 Å². The maximum Gasteiger partial charge on any atom is 0.234 e. The van der Waals surface area contributed by atoms with E-state index < -0.39 is 10.0 Å². The Kier molecular flexibility index (Phi) is 8.89. The summed E-state index contributed by atoms with van der Waals surface area (Å²) in [5.41, 5.74) is 2.93. The highest BCUT2D eigenvalue weighted by molar-refractivity contribution is 7.92. The summed E-state index contributed by atoms with van der Waals surface area (Å²) in [7, 11) is -1.85. The maximum atomic E-state index is 12.6. The van der Waals surface area contributed by atoms with Crippen LogP contribution in [0, 0.1) is 6.92 Å². The van der Waals surface area contributed by atoms with Crippen molar-refractivity contribution in [1.82, 2.24) is 20.3 Å². The van der Waals surface area contributed by atoms with E-state index in [9.17, 15) is 8.42 Å². The van der Waals surface area contributed by atoms with E-state index in [0.717, 1.165) is 47.8 Å². The molecule has 1 atom stereocenters. The van der Waals surface area contributed by atoms with Crippen LogP contribution < -0.4 is 19.7 Å². The van der Waals surface area contributed by atoms with Gasteiger partial charge in [0.15, 0.2) is 0 Å². The number of benzene rings is 2. The average Bonchev–Trinajstić information content (AvgIpc) is 2.94. The number of piperidine rings is 1. The van der Waals surface area contributed by atoms with E-state index in [2.05, 4.69) is 20.6 Å². The van der Waals surface area contributed by atoms with E-state index in [0.29, 0.717) is 29.0 Å². The lowest BCUT2D eigenvalue weighted by atomic mass is 10.0. The molecule has 0 radical (unpaired) electrons. The van der Waals surface area contributed by atoms with E-state index in [-0.39, 0.29) is 24.2 Å². The highest BCUT2D eigenvalue weighted by Crippen LogP contribution is 2.39. The summed E-state index contributed by atoms with van der Waals surface area (Å²) >= 11 is 0. The molecule has 11 heteroatoms. The summed E-state index contributed by atoms with van der Waals surface area (Å²) in [5.74, 6) is 1.61. The molecule has 3 heterocycles. The minimum atomic E-state index is -3.43. The molecule has 2 aromatic carbocycles. The first-order valence-corrected chi connectivity index (χ1v) is 14.4. The molecule has 9 nitrogen and oxygen atoms in total. The number of hydrogen-bond acceptors (Lipinski definition) is 8. The van der Waals surface area contributed by atoms with Gasteiger partial charge >= 0.3 is 0 Å². The number of nitrogens with zero attached hydrogens (tertiary/aromatic N) is 4. The van der Waals surface area contributed by atoms with E-state index in [1.54, 1.807) is 32.4 Å². The van der Waals surface area contributed by atoms with Gasteiger partial charge in [0.2, 0.25) is 21.9 Å². The van der Waals surface area contributed by atoms with Crippen LogP contribution in [0.15, 0.2) is 60.9 Å². The zero-order chi connectivity index (χ0) is 26.7. The number of pyridine rings is 1. The third kappa shape index (κ3) is 6.08. The van der Waals surface area contributed by atoms with Gasteiger partial charge < -0.3 is 15.4 Å². The van der Waals surface area contributed by atoms with Crippen molar-refractivity contribution in [3.63, 3.8) is 0 Å². The Morgan fingerprint density at radius 2 is 1.92 bits per heavy atom. The molecule has 2 aromatic heterocycles. The van der Waals surface area contributed by atoms with Crippen LogP contribution in [0.2, 0.25) is 0 Å². The third-order valence-corrected chi connectivity index (χ3v) is 8.60. The fourth-order valence-electron chi connectivity index (χ4n) is 4.68. The molecule has 39 heavy (non-hydrogen) atoms. The normalized spacial score (nSPS) is 15.4. The van der Waals surface area contributed by atoms with Gasteiger partial charge in [0.05, 0.1) is 22.7 Å². The fraction of sp³-hybridized carbons (Fsp3) is 0.321. The quantitative estimate of drug-likeness (QED) is 0.300. The minimum absolute atomic E-state index is 0. The van der Waals surface area contributed by atoms with Crippen molar-refractivity contribution in [3.05, 3.63) is 66.5 Å². The second-order valence-corrected chi connectivity index (χ2v) is 11.7. The number of rotatable bonds is 8. The molecule has 0 saturated carbocycles. The first kappa shape index (κ1) is 28.5. The van der Waals surface area contributed by atoms with Gasteiger partial charge in [-0.15, -0.1) is 12.4 Å². The van der Waals surface area contributed by atoms with Crippen molar-refractivity contribution in [2.75, 3.05) is 35.5 Å². The van der Waals surface area contributed by atoms with Crippen LogP contribution in [0.4, 0.5) is 11.6 Å². The molecule has 1 aliphatic rings. The topological polar surface area (TPSA) is 109 Å². The van der Waals surface area contributed by atoms with Crippen LogP contribution >= 0.6 is 12.4 Å².